The molecule has 0 atom stereocenters. The van der Waals surface area contributed by atoms with E-state index in [2.05, 4.69) is 9.97 Å². The van der Waals surface area contributed by atoms with Gasteiger partial charge in [-0.1, -0.05) is 13.8 Å². The molecule has 0 spiro atoms. The maximum atomic E-state index is 12.6. The van der Waals surface area contributed by atoms with Crippen LogP contribution in [0.1, 0.15) is 34.6 Å². The highest BCUT2D eigenvalue weighted by Gasteiger charge is 2.34. The van der Waals surface area contributed by atoms with Gasteiger partial charge in [0.05, 0.1) is 11.1 Å². The standard InChI is InChI=1S/C14H13F3N2OS/c1-13(2,12(20)9-5-18-8-19-6-9)4-11-3-10(7-21-11)14(15,16)17/h3,5-8H,4H2,1-2H3. The topological polar surface area (TPSA) is 42.9 Å². The predicted molar refractivity (Wildman–Crippen MR) is 73.2 cm³/mol. The summed E-state index contributed by atoms with van der Waals surface area (Å²) in [6.07, 6.45) is 0.0234. The van der Waals surface area contributed by atoms with Crippen LogP contribution < -0.4 is 0 Å². The zero-order valence-corrected chi connectivity index (χ0v) is 12.3. The molecule has 2 rings (SSSR count). The number of hydrogen-bond donors (Lipinski definition) is 0. The first-order valence-electron chi connectivity index (χ1n) is 6.14. The van der Waals surface area contributed by atoms with Gasteiger partial charge in [0.25, 0.3) is 0 Å². The molecule has 0 N–H and O–H groups in total. The van der Waals surface area contributed by atoms with Crippen molar-refractivity contribution >= 4 is 17.1 Å². The maximum absolute atomic E-state index is 12.6. The molecule has 7 heteroatoms. The van der Waals surface area contributed by atoms with E-state index in [1.807, 2.05) is 0 Å². The van der Waals surface area contributed by atoms with Crippen molar-refractivity contribution < 1.29 is 18.0 Å². The summed E-state index contributed by atoms with van der Waals surface area (Å²) in [5, 5.41) is 1.07. The number of carbonyl (C=O) groups is 1. The first-order chi connectivity index (χ1) is 9.70. The summed E-state index contributed by atoms with van der Waals surface area (Å²) in [6, 6.07) is 1.10. The zero-order chi connectivity index (χ0) is 15.7. The average Bonchev–Trinajstić information content (AvgIpc) is 2.86. The van der Waals surface area contributed by atoms with Crippen LogP contribution in [0.3, 0.4) is 0 Å². The fourth-order valence-electron chi connectivity index (χ4n) is 1.94. The van der Waals surface area contributed by atoms with E-state index < -0.39 is 17.2 Å². The summed E-state index contributed by atoms with van der Waals surface area (Å²) in [4.78, 5) is 20.5. The summed E-state index contributed by atoms with van der Waals surface area (Å²) in [5.74, 6) is -0.190. The van der Waals surface area contributed by atoms with Crippen LogP contribution in [0.2, 0.25) is 0 Å². The smallest absolute Gasteiger partial charge is 0.293 e. The van der Waals surface area contributed by atoms with Crippen molar-refractivity contribution in [3.8, 4) is 0 Å². The molecule has 2 aromatic heterocycles. The van der Waals surface area contributed by atoms with Gasteiger partial charge < -0.3 is 0 Å². The van der Waals surface area contributed by atoms with Crippen LogP contribution in [0.25, 0.3) is 0 Å². The Morgan fingerprint density at radius 3 is 2.38 bits per heavy atom. The lowest BCUT2D eigenvalue weighted by Crippen LogP contribution is -2.26. The van der Waals surface area contributed by atoms with E-state index in [-0.39, 0.29) is 12.2 Å². The van der Waals surface area contributed by atoms with E-state index in [9.17, 15) is 18.0 Å². The van der Waals surface area contributed by atoms with Crippen LogP contribution in [0.15, 0.2) is 30.2 Å². The maximum Gasteiger partial charge on any atom is 0.417 e. The Kier molecular flexibility index (Phi) is 4.13. The second-order valence-corrected chi connectivity index (χ2v) is 6.31. The third kappa shape index (κ3) is 3.66. The molecule has 0 amide bonds. The minimum Gasteiger partial charge on any atom is -0.293 e. The molecule has 0 aliphatic rings. The number of nitrogens with zero attached hydrogens (tertiary/aromatic N) is 2. The highest BCUT2D eigenvalue weighted by Crippen LogP contribution is 2.35. The predicted octanol–water partition coefficient (Wildman–Crippen LogP) is 4.01. The number of hydrogen-bond acceptors (Lipinski definition) is 4. The van der Waals surface area contributed by atoms with Crippen LogP contribution in [0.4, 0.5) is 13.2 Å². The SMILES string of the molecule is CC(C)(Cc1cc(C(F)(F)F)cs1)C(=O)c1cncnc1. The molecule has 0 aromatic carbocycles. The first kappa shape index (κ1) is 15.6. The molecule has 0 unspecified atom stereocenters. The molecule has 21 heavy (non-hydrogen) atoms. The summed E-state index contributed by atoms with van der Waals surface area (Å²) in [6.45, 7) is 3.41. The summed E-state index contributed by atoms with van der Waals surface area (Å²) in [5.41, 5.74) is -1.14. The number of thiophene rings is 1. The molecule has 2 heterocycles. The van der Waals surface area contributed by atoms with Crippen LogP contribution in [0.5, 0.6) is 0 Å². The summed E-state index contributed by atoms with van der Waals surface area (Å²) in [7, 11) is 0. The van der Waals surface area contributed by atoms with Crippen molar-refractivity contribution in [2.24, 2.45) is 5.41 Å². The molecule has 0 aliphatic heterocycles. The number of alkyl halides is 3. The lowest BCUT2D eigenvalue weighted by atomic mass is 9.81. The van der Waals surface area contributed by atoms with Crippen molar-refractivity contribution in [1.82, 2.24) is 9.97 Å². The van der Waals surface area contributed by atoms with Gasteiger partial charge in [0.2, 0.25) is 0 Å². The van der Waals surface area contributed by atoms with Gasteiger partial charge in [0, 0.05) is 28.1 Å². The second-order valence-electron chi connectivity index (χ2n) is 5.32. The highest BCUT2D eigenvalue weighted by molar-refractivity contribution is 7.10. The molecule has 3 nitrogen and oxygen atoms in total. The number of ketones is 1. The Labute approximate surface area is 123 Å². The van der Waals surface area contributed by atoms with Gasteiger partial charge in [0.1, 0.15) is 6.33 Å². The third-order valence-corrected chi connectivity index (χ3v) is 3.97. The number of Topliss-reactive ketones (excluding diaryl/α,β-unsaturated/α-hetero) is 1. The molecular weight excluding hydrogens is 301 g/mol. The van der Waals surface area contributed by atoms with Gasteiger partial charge in [0.15, 0.2) is 5.78 Å². The summed E-state index contributed by atoms with van der Waals surface area (Å²) < 4.78 is 37.7. The van der Waals surface area contributed by atoms with Crippen molar-refractivity contribution in [3.63, 3.8) is 0 Å². The van der Waals surface area contributed by atoms with Gasteiger partial charge in [-0.25, -0.2) is 9.97 Å². The van der Waals surface area contributed by atoms with E-state index >= 15 is 0 Å². The Balaban J connectivity index is 2.18. The zero-order valence-electron chi connectivity index (χ0n) is 11.4. The first-order valence-corrected chi connectivity index (χ1v) is 7.02. The van der Waals surface area contributed by atoms with E-state index in [0.29, 0.717) is 10.4 Å². The van der Waals surface area contributed by atoms with Crippen molar-refractivity contribution in [1.29, 1.82) is 0 Å². The van der Waals surface area contributed by atoms with Gasteiger partial charge in [-0.15, -0.1) is 11.3 Å². The lowest BCUT2D eigenvalue weighted by molar-refractivity contribution is -0.137. The molecule has 112 valence electrons. The highest BCUT2D eigenvalue weighted by atomic mass is 32.1. The van der Waals surface area contributed by atoms with Crippen LogP contribution in [-0.2, 0) is 12.6 Å². The Morgan fingerprint density at radius 1 is 1.24 bits per heavy atom. The fraction of sp³-hybridized carbons (Fsp3) is 0.357. The van der Waals surface area contributed by atoms with Gasteiger partial charge in [-0.05, 0) is 12.5 Å². The van der Waals surface area contributed by atoms with Crippen molar-refractivity contribution in [3.05, 3.63) is 46.2 Å². The molecule has 0 fully saturated rings. The van der Waals surface area contributed by atoms with E-state index in [4.69, 9.17) is 0 Å². The quantitative estimate of drug-likeness (QED) is 0.801. The van der Waals surface area contributed by atoms with Crippen LogP contribution >= 0.6 is 11.3 Å². The molecule has 0 bridgehead atoms. The lowest BCUT2D eigenvalue weighted by Gasteiger charge is -2.22. The summed E-state index contributed by atoms with van der Waals surface area (Å²) >= 11 is 1.01. The fourth-order valence-corrected chi connectivity index (χ4v) is 3.06. The average molecular weight is 314 g/mol. The third-order valence-electron chi connectivity index (χ3n) is 3.03. The molecule has 2 aromatic rings. The molecule has 0 radical (unpaired) electrons. The molecule has 0 aliphatic carbocycles. The number of aromatic nitrogens is 2. The van der Waals surface area contributed by atoms with Gasteiger partial charge in [-0.2, -0.15) is 13.2 Å². The monoisotopic (exact) mass is 314 g/mol. The number of rotatable bonds is 4. The molecule has 0 saturated carbocycles. The Bertz CT molecular complexity index is 635. The number of carbonyl (C=O) groups excluding carboxylic acids is 1. The van der Waals surface area contributed by atoms with Crippen molar-refractivity contribution in [2.75, 3.05) is 0 Å². The van der Waals surface area contributed by atoms with Gasteiger partial charge >= 0.3 is 6.18 Å². The van der Waals surface area contributed by atoms with Crippen molar-refractivity contribution in [2.45, 2.75) is 26.4 Å². The van der Waals surface area contributed by atoms with Gasteiger partial charge in [-0.3, -0.25) is 4.79 Å². The van der Waals surface area contributed by atoms with Crippen LogP contribution in [-0.4, -0.2) is 15.8 Å². The minimum absolute atomic E-state index is 0.190. The molecule has 0 saturated heterocycles. The van der Waals surface area contributed by atoms with E-state index in [0.717, 1.165) is 22.8 Å². The van der Waals surface area contributed by atoms with E-state index in [1.54, 1.807) is 13.8 Å². The normalized spacial score (nSPS) is 12.4. The number of halogens is 3. The van der Waals surface area contributed by atoms with Crippen LogP contribution in [0, 0.1) is 5.41 Å². The largest absolute Gasteiger partial charge is 0.417 e. The van der Waals surface area contributed by atoms with E-state index in [1.165, 1.54) is 18.7 Å². The molecular formula is C14H13F3N2OS. The minimum atomic E-state index is -4.35. The second kappa shape index (κ2) is 5.55. The Hall–Kier alpha value is -1.76. The Morgan fingerprint density at radius 2 is 1.86 bits per heavy atom.